The minimum absolute atomic E-state index is 0.108. The van der Waals surface area contributed by atoms with Crippen LogP contribution in [-0.2, 0) is 0 Å². The van der Waals surface area contributed by atoms with Gasteiger partial charge in [0.2, 0.25) is 0 Å². The molecule has 0 aliphatic heterocycles. The van der Waals surface area contributed by atoms with E-state index in [9.17, 15) is 0 Å². The first-order chi connectivity index (χ1) is 6.16. The summed E-state index contributed by atoms with van der Waals surface area (Å²) >= 11 is 0. The van der Waals surface area contributed by atoms with E-state index >= 15 is 0 Å². The van der Waals surface area contributed by atoms with Gasteiger partial charge in [0.05, 0.1) is 0 Å². The Hall–Kier alpha value is -1.46. The molecule has 0 saturated carbocycles. The molecule has 1 aromatic rings. The third kappa shape index (κ3) is 2.01. The van der Waals surface area contributed by atoms with Gasteiger partial charge in [-0.05, 0) is 37.1 Å². The lowest BCUT2D eigenvalue weighted by Crippen LogP contribution is -1.94. The van der Waals surface area contributed by atoms with E-state index in [4.69, 9.17) is 10.8 Å². The maximum Gasteiger partial charge on any atom is 0.104 e. The van der Waals surface area contributed by atoms with Gasteiger partial charge in [-0.3, -0.25) is 0 Å². The van der Waals surface area contributed by atoms with Gasteiger partial charge in [-0.25, -0.2) is 0 Å². The zero-order valence-electron chi connectivity index (χ0n) is 7.89. The number of aliphatic hydroxyl groups is 1. The van der Waals surface area contributed by atoms with Crippen LogP contribution in [0.5, 0.6) is 0 Å². The normalized spacial score (nSPS) is 9.15. The third-order valence-corrected chi connectivity index (χ3v) is 2.13. The zero-order valence-corrected chi connectivity index (χ0v) is 7.89. The summed E-state index contributed by atoms with van der Waals surface area (Å²) in [7, 11) is 0. The highest BCUT2D eigenvalue weighted by molar-refractivity contribution is 5.56. The number of hydrogen-bond acceptors (Lipinski definition) is 2. The van der Waals surface area contributed by atoms with Crippen LogP contribution < -0.4 is 5.73 Å². The van der Waals surface area contributed by atoms with Gasteiger partial charge in [0.15, 0.2) is 0 Å². The minimum atomic E-state index is -0.108. The Bertz CT molecular complexity index is 372. The fourth-order valence-electron chi connectivity index (χ4n) is 1.11. The van der Waals surface area contributed by atoms with E-state index in [-0.39, 0.29) is 6.61 Å². The quantitative estimate of drug-likeness (QED) is 0.460. The fourth-order valence-corrected chi connectivity index (χ4v) is 1.11. The number of anilines is 1. The molecule has 0 spiro atoms. The predicted molar refractivity (Wildman–Crippen MR) is 54.3 cm³/mol. The van der Waals surface area contributed by atoms with E-state index in [1.54, 1.807) is 0 Å². The van der Waals surface area contributed by atoms with Gasteiger partial charge in [-0.1, -0.05) is 11.8 Å². The Morgan fingerprint density at radius 2 is 2.00 bits per heavy atom. The number of benzene rings is 1. The third-order valence-electron chi connectivity index (χ3n) is 2.13. The van der Waals surface area contributed by atoms with Crippen LogP contribution in [0.4, 0.5) is 5.69 Å². The average Bonchev–Trinajstić information content (AvgIpc) is 2.13. The monoisotopic (exact) mass is 175 g/mol. The van der Waals surface area contributed by atoms with E-state index in [2.05, 4.69) is 11.8 Å². The molecule has 68 valence electrons. The molecule has 0 unspecified atom stereocenters. The fraction of sp³-hybridized carbons (Fsp3) is 0.273. The Balaban J connectivity index is 3.18. The molecule has 3 N–H and O–H groups in total. The first kappa shape index (κ1) is 9.63. The van der Waals surface area contributed by atoms with Crippen molar-refractivity contribution in [2.24, 2.45) is 0 Å². The van der Waals surface area contributed by atoms with Gasteiger partial charge in [-0.2, -0.15) is 0 Å². The van der Waals surface area contributed by atoms with Crippen molar-refractivity contribution in [3.63, 3.8) is 0 Å². The van der Waals surface area contributed by atoms with E-state index in [1.807, 2.05) is 26.0 Å². The van der Waals surface area contributed by atoms with Gasteiger partial charge >= 0.3 is 0 Å². The molecule has 1 rings (SSSR count). The molecule has 0 heterocycles. The van der Waals surface area contributed by atoms with Crippen molar-refractivity contribution < 1.29 is 5.11 Å². The molecule has 0 bridgehead atoms. The molecule has 1 aromatic carbocycles. The molecular weight excluding hydrogens is 162 g/mol. The standard InChI is InChI=1S/C11H13NO/c1-8-9(2)11(12)6-5-10(8)4-3-7-13/h5-6,13H,7,12H2,1-2H3. The van der Waals surface area contributed by atoms with Crippen LogP contribution >= 0.6 is 0 Å². The molecule has 0 aromatic heterocycles. The minimum Gasteiger partial charge on any atom is -0.399 e. The smallest absolute Gasteiger partial charge is 0.104 e. The summed E-state index contributed by atoms with van der Waals surface area (Å²) in [5, 5.41) is 8.54. The zero-order chi connectivity index (χ0) is 9.84. The molecule has 2 heteroatoms. The molecule has 13 heavy (non-hydrogen) atoms. The van der Waals surface area contributed by atoms with Crippen LogP contribution in [0.3, 0.4) is 0 Å². The molecule has 0 aliphatic carbocycles. The van der Waals surface area contributed by atoms with Crippen LogP contribution in [0, 0.1) is 25.7 Å². The van der Waals surface area contributed by atoms with E-state index in [0.717, 1.165) is 22.4 Å². The van der Waals surface area contributed by atoms with E-state index in [0.29, 0.717) is 0 Å². The van der Waals surface area contributed by atoms with Crippen molar-refractivity contribution in [2.45, 2.75) is 13.8 Å². The second kappa shape index (κ2) is 3.97. The van der Waals surface area contributed by atoms with Gasteiger partial charge < -0.3 is 10.8 Å². The molecule has 0 aliphatic rings. The van der Waals surface area contributed by atoms with Crippen molar-refractivity contribution in [3.8, 4) is 11.8 Å². The highest BCUT2D eigenvalue weighted by Gasteiger charge is 2.00. The number of nitrogen functional groups attached to an aromatic ring is 1. The molecule has 2 nitrogen and oxygen atoms in total. The summed E-state index contributed by atoms with van der Waals surface area (Å²) in [5.74, 6) is 5.49. The Labute approximate surface area is 78.4 Å². The molecule has 0 radical (unpaired) electrons. The SMILES string of the molecule is Cc1c(N)ccc(C#CCO)c1C. The van der Waals surface area contributed by atoms with Crippen LogP contribution in [0.2, 0.25) is 0 Å². The van der Waals surface area contributed by atoms with Gasteiger partial charge in [0, 0.05) is 11.3 Å². The Kier molecular flexibility index (Phi) is 2.94. The Morgan fingerprint density at radius 1 is 1.31 bits per heavy atom. The van der Waals surface area contributed by atoms with Crippen LogP contribution in [0.25, 0.3) is 0 Å². The maximum atomic E-state index is 8.54. The van der Waals surface area contributed by atoms with Crippen LogP contribution in [0.1, 0.15) is 16.7 Å². The topological polar surface area (TPSA) is 46.2 Å². The van der Waals surface area contributed by atoms with Crippen molar-refractivity contribution in [1.29, 1.82) is 0 Å². The maximum absolute atomic E-state index is 8.54. The number of aliphatic hydroxyl groups excluding tert-OH is 1. The average molecular weight is 175 g/mol. The summed E-state index contributed by atoms with van der Waals surface area (Å²) < 4.78 is 0. The summed E-state index contributed by atoms with van der Waals surface area (Å²) in [5.41, 5.74) is 9.58. The molecule has 0 atom stereocenters. The first-order valence-corrected chi connectivity index (χ1v) is 4.12. The van der Waals surface area contributed by atoms with Crippen LogP contribution in [-0.4, -0.2) is 11.7 Å². The first-order valence-electron chi connectivity index (χ1n) is 4.12. The molecular formula is C11H13NO. The largest absolute Gasteiger partial charge is 0.399 e. The number of hydrogen-bond donors (Lipinski definition) is 2. The lowest BCUT2D eigenvalue weighted by Gasteiger charge is -2.05. The predicted octanol–water partition coefficient (Wildman–Crippen LogP) is 1.23. The van der Waals surface area contributed by atoms with Crippen molar-refractivity contribution in [2.75, 3.05) is 12.3 Å². The summed E-state index contributed by atoms with van der Waals surface area (Å²) in [6, 6.07) is 3.71. The second-order valence-electron chi connectivity index (χ2n) is 2.91. The lowest BCUT2D eigenvalue weighted by atomic mass is 10.0. The highest BCUT2D eigenvalue weighted by atomic mass is 16.2. The van der Waals surface area contributed by atoms with Crippen molar-refractivity contribution >= 4 is 5.69 Å². The second-order valence-corrected chi connectivity index (χ2v) is 2.91. The lowest BCUT2D eigenvalue weighted by molar-refractivity contribution is 0.350. The van der Waals surface area contributed by atoms with E-state index < -0.39 is 0 Å². The van der Waals surface area contributed by atoms with Gasteiger partial charge in [0.1, 0.15) is 6.61 Å². The molecule has 0 amide bonds. The molecule has 0 saturated heterocycles. The summed E-state index contributed by atoms with van der Waals surface area (Å²) in [4.78, 5) is 0. The van der Waals surface area contributed by atoms with Gasteiger partial charge in [-0.15, -0.1) is 0 Å². The van der Waals surface area contributed by atoms with Gasteiger partial charge in [0.25, 0.3) is 0 Å². The van der Waals surface area contributed by atoms with Crippen molar-refractivity contribution in [3.05, 3.63) is 28.8 Å². The summed E-state index contributed by atoms with van der Waals surface area (Å²) in [6.07, 6.45) is 0. The molecule has 0 fully saturated rings. The number of rotatable bonds is 0. The van der Waals surface area contributed by atoms with Crippen LogP contribution in [0.15, 0.2) is 12.1 Å². The Morgan fingerprint density at radius 3 is 2.62 bits per heavy atom. The number of nitrogens with two attached hydrogens (primary N) is 1. The van der Waals surface area contributed by atoms with Crippen molar-refractivity contribution in [1.82, 2.24) is 0 Å². The van der Waals surface area contributed by atoms with E-state index in [1.165, 1.54) is 0 Å². The summed E-state index contributed by atoms with van der Waals surface area (Å²) in [6.45, 7) is 3.84. The highest BCUT2D eigenvalue weighted by Crippen LogP contribution is 2.18.